The van der Waals surface area contributed by atoms with E-state index in [1.54, 1.807) is 35.2 Å². The third kappa shape index (κ3) is 4.90. The van der Waals surface area contributed by atoms with Gasteiger partial charge in [0.1, 0.15) is 5.75 Å². The number of hydrogen-bond acceptors (Lipinski definition) is 5. The number of thioether (sulfide) groups is 1. The molecule has 1 fully saturated rings. The Labute approximate surface area is 176 Å². The van der Waals surface area contributed by atoms with Crippen molar-refractivity contribution in [2.45, 2.75) is 13.8 Å². The standard InChI is InChI=1S/C23H25N3O2S/c1-4-15-26-22(28)21(29-23(26)24-18-9-13-20(27)14-10-18)16-17-7-11-19(12-8-17)25(5-2)6-3/h4,7-14,16,27H,1,5-6,15H2,2-3H3. The number of amides is 1. The fourth-order valence-electron chi connectivity index (χ4n) is 3.04. The van der Waals surface area contributed by atoms with Gasteiger partial charge in [-0.3, -0.25) is 9.69 Å². The van der Waals surface area contributed by atoms with Crippen molar-refractivity contribution in [2.24, 2.45) is 4.99 Å². The van der Waals surface area contributed by atoms with Crippen molar-refractivity contribution in [1.82, 2.24) is 4.90 Å². The van der Waals surface area contributed by atoms with Crippen LogP contribution in [0, 0.1) is 0 Å². The van der Waals surface area contributed by atoms with Crippen molar-refractivity contribution in [2.75, 3.05) is 24.5 Å². The minimum Gasteiger partial charge on any atom is -0.508 e. The molecular weight excluding hydrogens is 382 g/mol. The van der Waals surface area contributed by atoms with E-state index in [4.69, 9.17) is 0 Å². The van der Waals surface area contributed by atoms with E-state index in [1.165, 1.54) is 17.4 Å². The summed E-state index contributed by atoms with van der Waals surface area (Å²) in [5.74, 6) is 0.0982. The Kier molecular flexibility index (Phi) is 6.77. The van der Waals surface area contributed by atoms with E-state index in [9.17, 15) is 9.90 Å². The predicted molar refractivity (Wildman–Crippen MR) is 123 cm³/mol. The Hall–Kier alpha value is -2.99. The zero-order valence-corrected chi connectivity index (χ0v) is 17.5. The van der Waals surface area contributed by atoms with Crippen molar-refractivity contribution in [3.8, 4) is 5.75 Å². The van der Waals surface area contributed by atoms with E-state index >= 15 is 0 Å². The first-order chi connectivity index (χ1) is 14.0. The molecule has 1 aliphatic rings. The Morgan fingerprint density at radius 2 is 1.76 bits per heavy atom. The van der Waals surface area contributed by atoms with Gasteiger partial charge in [-0.15, -0.1) is 6.58 Å². The lowest BCUT2D eigenvalue weighted by molar-refractivity contribution is -0.121. The van der Waals surface area contributed by atoms with Crippen molar-refractivity contribution < 1.29 is 9.90 Å². The minimum absolute atomic E-state index is 0.0831. The molecule has 3 rings (SSSR count). The van der Waals surface area contributed by atoms with Crippen LogP contribution in [0.2, 0.25) is 0 Å². The van der Waals surface area contributed by atoms with Gasteiger partial charge in [0.25, 0.3) is 5.91 Å². The van der Waals surface area contributed by atoms with Crippen LogP contribution in [0.5, 0.6) is 5.75 Å². The SMILES string of the molecule is C=CCN1C(=O)C(=Cc2ccc(N(CC)CC)cc2)SC1=Nc1ccc(O)cc1. The van der Waals surface area contributed by atoms with Gasteiger partial charge in [-0.05, 0) is 73.6 Å². The first-order valence-corrected chi connectivity index (χ1v) is 10.4. The maximum atomic E-state index is 12.9. The Morgan fingerprint density at radius 1 is 1.10 bits per heavy atom. The summed E-state index contributed by atoms with van der Waals surface area (Å²) in [6, 6.07) is 14.8. The summed E-state index contributed by atoms with van der Waals surface area (Å²) in [5, 5.41) is 10.0. The topological polar surface area (TPSA) is 56.1 Å². The first-order valence-electron chi connectivity index (χ1n) is 9.60. The number of phenolic OH excluding ortho intramolecular Hbond substituents is 1. The molecule has 0 atom stereocenters. The molecular formula is C23H25N3O2S. The number of rotatable bonds is 7. The zero-order valence-electron chi connectivity index (χ0n) is 16.7. The Morgan fingerprint density at radius 3 is 2.34 bits per heavy atom. The van der Waals surface area contributed by atoms with Crippen LogP contribution in [0.3, 0.4) is 0 Å². The van der Waals surface area contributed by atoms with Gasteiger partial charge in [0.15, 0.2) is 5.17 Å². The summed E-state index contributed by atoms with van der Waals surface area (Å²) in [7, 11) is 0. The number of nitrogens with zero attached hydrogens (tertiary/aromatic N) is 3. The highest BCUT2D eigenvalue weighted by Gasteiger charge is 2.32. The number of amidine groups is 1. The molecule has 0 bridgehead atoms. The molecule has 0 unspecified atom stereocenters. The van der Waals surface area contributed by atoms with Crippen LogP contribution in [-0.2, 0) is 4.79 Å². The largest absolute Gasteiger partial charge is 0.508 e. The summed E-state index contributed by atoms with van der Waals surface area (Å²) in [6.45, 7) is 10.3. The van der Waals surface area contributed by atoms with Crippen LogP contribution in [0.4, 0.5) is 11.4 Å². The van der Waals surface area contributed by atoms with Crippen LogP contribution in [0.1, 0.15) is 19.4 Å². The van der Waals surface area contributed by atoms with Crippen LogP contribution in [0.15, 0.2) is 71.1 Å². The normalized spacial score (nSPS) is 16.6. The number of aromatic hydroxyl groups is 1. The molecule has 6 heteroatoms. The monoisotopic (exact) mass is 407 g/mol. The molecule has 2 aromatic rings. The fourth-order valence-corrected chi connectivity index (χ4v) is 4.05. The molecule has 5 nitrogen and oxygen atoms in total. The van der Waals surface area contributed by atoms with E-state index < -0.39 is 0 Å². The summed E-state index contributed by atoms with van der Waals surface area (Å²) >= 11 is 1.35. The summed E-state index contributed by atoms with van der Waals surface area (Å²) < 4.78 is 0. The smallest absolute Gasteiger partial charge is 0.267 e. The lowest BCUT2D eigenvalue weighted by Gasteiger charge is -2.20. The highest BCUT2D eigenvalue weighted by molar-refractivity contribution is 8.18. The average molecular weight is 408 g/mol. The number of carbonyl (C=O) groups excluding carboxylic acids is 1. The van der Waals surface area contributed by atoms with Gasteiger partial charge in [-0.1, -0.05) is 18.2 Å². The number of benzene rings is 2. The number of hydrogen-bond donors (Lipinski definition) is 1. The molecule has 1 N–H and O–H groups in total. The fraction of sp³-hybridized carbons (Fsp3) is 0.217. The van der Waals surface area contributed by atoms with Gasteiger partial charge < -0.3 is 10.0 Å². The number of phenols is 1. The van der Waals surface area contributed by atoms with Crippen LogP contribution in [0.25, 0.3) is 6.08 Å². The van der Waals surface area contributed by atoms with Gasteiger partial charge in [-0.2, -0.15) is 0 Å². The molecule has 150 valence electrons. The van der Waals surface area contributed by atoms with Crippen LogP contribution in [-0.4, -0.2) is 40.7 Å². The molecule has 1 saturated heterocycles. The Bertz CT molecular complexity index is 930. The van der Waals surface area contributed by atoms with Crippen LogP contribution >= 0.6 is 11.8 Å². The van der Waals surface area contributed by atoms with Gasteiger partial charge in [0.2, 0.25) is 0 Å². The van der Waals surface area contributed by atoms with E-state index in [1.807, 2.05) is 18.2 Å². The van der Waals surface area contributed by atoms with E-state index in [-0.39, 0.29) is 11.7 Å². The first kappa shape index (κ1) is 20.7. The molecule has 2 aromatic carbocycles. The number of carbonyl (C=O) groups is 1. The van der Waals surface area contributed by atoms with Gasteiger partial charge in [0.05, 0.1) is 10.6 Å². The van der Waals surface area contributed by atoms with E-state index in [0.29, 0.717) is 22.3 Å². The van der Waals surface area contributed by atoms with E-state index in [2.05, 4.69) is 42.5 Å². The molecule has 0 aliphatic carbocycles. The Balaban J connectivity index is 1.87. The average Bonchev–Trinajstić information content (AvgIpc) is 3.01. The third-order valence-corrected chi connectivity index (χ3v) is 5.60. The quantitative estimate of drug-likeness (QED) is 0.517. The molecule has 0 spiro atoms. The molecule has 1 heterocycles. The van der Waals surface area contributed by atoms with Gasteiger partial charge in [0, 0.05) is 25.3 Å². The lowest BCUT2D eigenvalue weighted by atomic mass is 10.1. The highest BCUT2D eigenvalue weighted by Crippen LogP contribution is 2.34. The molecule has 1 amide bonds. The van der Waals surface area contributed by atoms with Crippen molar-refractivity contribution in [3.63, 3.8) is 0 Å². The second-order valence-electron chi connectivity index (χ2n) is 6.49. The van der Waals surface area contributed by atoms with Crippen molar-refractivity contribution in [1.29, 1.82) is 0 Å². The summed E-state index contributed by atoms with van der Waals surface area (Å²) in [6.07, 6.45) is 3.58. The summed E-state index contributed by atoms with van der Waals surface area (Å²) in [5.41, 5.74) is 2.82. The molecule has 1 aliphatic heterocycles. The highest BCUT2D eigenvalue weighted by atomic mass is 32.2. The van der Waals surface area contributed by atoms with Crippen molar-refractivity contribution in [3.05, 3.63) is 71.7 Å². The number of anilines is 1. The summed E-state index contributed by atoms with van der Waals surface area (Å²) in [4.78, 5) is 22.0. The zero-order chi connectivity index (χ0) is 20.8. The second-order valence-corrected chi connectivity index (χ2v) is 7.50. The third-order valence-electron chi connectivity index (χ3n) is 4.59. The second kappa shape index (κ2) is 9.47. The maximum absolute atomic E-state index is 12.9. The minimum atomic E-state index is -0.0831. The lowest BCUT2D eigenvalue weighted by Crippen LogP contribution is -2.29. The predicted octanol–water partition coefficient (Wildman–Crippen LogP) is 5.03. The molecule has 0 saturated carbocycles. The van der Waals surface area contributed by atoms with E-state index in [0.717, 1.165) is 18.7 Å². The van der Waals surface area contributed by atoms with Gasteiger partial charge in [-0.25, -0.2) is 4.99 Å². The number of aliphatic imine (C=N–C) groups is 1. The molecule has 0 radical (unpaired) electrons. The maximum Gasteiger partial charge on any atom is 0.267 e. The van der Waals surface area contributed by atoms with Crippen molar-refractivity contribution >= 4 is 40.3 Å². The van der Waals surface area contributed by atoms with Gasteiger partial charge >= 0.3 is 0 Å². The molecule has 0 aromatic heterocycles. The molecule has 29 heavy (non-hydrogen) atoms. The van der Waals surface area contributed by atoms with Crippen LogP contribution < -0.4 is 4.90 Å².